The third kappa shape index (κ3) is 3.61. The minimum absolute atomic E-state index is 0.0506. The number of esters is 1. The van der Waals surface area contributed by atoms with Crippen LogP contribution in [0.4, 0.5) is 11.4 Å². The van der Waals surface area contributed by atoms with Crippen molar-refractivity contribution in [1.29, 1.82) is 0 Å². The molecule has 1 amide bonds. The molecule has 1 aromatic rings. The Bertz CT molecular complexity index is 486. The van der Waals surface area contributed by atoms with Gasteiger partial charge in [0.05, 0.1) is 30.6 Å². The summed E-state index contributed by atoms with van der Waals surface area (Å²) >= 11 is 0. The molecule has 1 rings (SSSR count). The first-order valence-electron chi connectivity index (χ1n) is 5.76. The summed E-state index contributed by atoms with van der Waals surface area (Å²) in [6, 6.07) is 4.83. The zero-order valence-electron chi connectivity index (χ0n) is 11.6. The SMILES string of the molecule is COC(=O)c1ccc(N)c(N(C)CC(=O)N(C)C)c1. The summed E-state index contributed by atoms with van der Waals surface area (Å²) < 4.78 is 4.66. The van der Waals surface area contributed by atoms with E-state index in [1.54, 1.807) is 44.2 Å². The standard InChI is InChI=1S/C13H19N3O3/c1-15(2)12(17)8-16(3)11-7-9(13(18)19-4)5-6-10(11)14/h5-7H,8,14H2,1-4H3. The van der Waals surface area contributed by atoms with Gasteiger partial charge < -0.3 is 20.3 Å². The molecule has 0 bridgehead atoms. The van der Waals surface area contributed by atoms with Crippen molar-refractivity contribution < 1.29 is 14.3 Å². The van der Waals surface area contributed by atoms with E-state index in [0.717, 1.165) is 0 Å². The number of nitrogen functional groups attached to an aromatic ring is 1. The second kappa shape index (κ2) is 6.08. The number of hydrogen-bond acceptors (Lipinski definition) is 5. The number of anilines is 2. The lowest BCUT2D eigenvalue weighted by molar-refractivity contribution is -0.127. The Labute approximate surface area is 112 Å². The molecule has 6 heteroatoms. The molecule has 0 saturated heterocycles. The average Bonchev–Trinajstić information content (AvgIpc) is 2.37. The Morgan fingerprint density at radius 3 is 2.42 bits per heavy atom. The van der Waals surface area contributed by atoms with E-state index in [0.29, 0.717) is 16.9 Å². The van der Waals surface area contributed by atoms with Gasteiger partial charge in [0.15, 0.2) is 0 Å². The summed E-state index contributed by atoms with van der Waals surface area (Å²) in [6.07, 6.45) is 0. The van der Waals surface area contributed by atoms with Crippen LogP contribution in [0.15, 0.2) is 18.2 Å². The molecule has 0 aliphatic carbocycles. The summed E-state index contributed by atoms with van der Waals surface area (Å²) in [4.78, 5) is 26.3. The highest BCUT2D eigenvalue weighted by atomic mass is 16.5. The largest absolute Gasteiger partial charge is 0.465 e. The van der Waals surface area contributed by atoms with Gasteiger partial charge in [0.2, 0.25) is 5.91 Å². The number of amides is 1. The van der Waals surface area contributed by atoms with E-state index in [2.05, 4.69) is 4.74 Å². The molecule has 0 heterocycles. The molecule has 2 N–H and O–H groups in total. The number of ether oxygens (including phenoxy) is 1. The number of rotatable bonds is 4. The van der Waals surface area contributed by atoms with Crippen LogP contribution >= 0.6 is 0 Å². The summed E-state index contributed by atoms with van der Waals surface area (Å²) in [5.41, 5.74) is 7.39. The third-order valence-electron chi connectivity index (χ3n) is 2.73. The van der Waals surface area contributed by atoms with Crippen molar-refractivity contribution in [2.75, 3.05) is 45.4 Å². The third-order valence-corrected chi connectivity index (χ3v) is 2.73. The van der Waals surface area contributed by atoms with Crippen LogP contribution in [0, 0.1) is 0 Å². The molecule has 0 aromatic heterocycles. The number of carbonyl (C=O) groups excluding carboxylic acids is 2. The Hall–Kier alpha value is -2.24. The molecule has 19 heavy (non-hydrogen) atoms. The Kier molecular flexibility index (Phi) is 4.74. The molecule has 0 atom stereocenters. The van der Waals surface area contributed by atoms with Crippen molar-refractivity contribution in [3.63, 3.8) is 0 Å². The zero-order chi connectivity index (χ0) is 14.6. The lowest BCUT2D eigenvalue weighted by atomic mass is 10.1. The van der Waals surface area contributed by atoms with Gasteiger partial charge in [-0.2, -0.15) is 0 Å². The summed E-state index contributed by atoms with van der Waals surface area (Å²) in [7, 11) is 6.43. The number of hydrogen-bond donors (Lipinski definition) is 1. The van der Waals surface area contributed by atoms with E-state index in [-0.39, 0.29) is 12.5 Å². The quantitative estimate of drug-likeness (QED) is 0.636. The molecule has 0 aliphatic heterocycles. The fourth-order valence-electron chi connectivity index (χ4n) is 1.55. The maximum atomic E-state index is 11.7. The number of likely N-dealkylation sites (N-methyl/N-ethyl adjacent to an activating group) is 2. The smallest absolute Gasteiger partial charge is 0.337 e. The molecule has 0 aliphatic rings. The van der Waals surface area contributed by atoms with E-state index in [9.17, 15) is 9.59 Å². The predicted molar refractivity (Wildman–Crippen MR) is 74.2 cm³/mol. The molecule has 0 radical (unpaired) electrons. The van der Waals surface area contributed by atoms with Gasteiger partial charge in [-0.3, -0.25) is 4.79 Å². The monoisotopic (exact) mass is 265 g/mol. The number of carbonyl (C=O) groups is 2. The van der Waals surface area contributed by atoms with Gasteiger partial charge in [-0.1, -0.05) is 0 Å². The van der Waals surface area contributed by atoms with Gasteiger partial charge >= 0.3 is 5.97 Å². The van der Waals surface area contributed by atoms with E-state index >= 15 is 0 Å². The van der Waals surface area contributed by atoms with Gasteiger partial charge in [0.1, 0.15) is 0 Å². The molecular formula is C13H19N3O3. The molecule has 104 valence electrons. The van der Waals surface area contributed by atoms with Gasteiger partial charge in [-0.25, -0.2) is 4.79 Å². The predicted octanol–water partition coefficient (Wildman–Crippen LogP) is 0.580. The van der Waals surface area contributed by atoms with Crippen LogP contribution < -0.4 is 10.6 Å². The Morgan fingerprint density at radius 1 is 1.26 bits per heavy atom. The van der Waals surface area contributed by atoms with Gasteiger partial charge in [-0.05, 0) is 18.2 Å². The van der Waals surface area contributed by atoms with Crippen LogP contribution in [0.2, 0.25) is 0 Å². The van der Waals surface area contributed by atoms with Crippen LogP contribution in [-0.2, 0) is 9.53 Å². The van der Waals surface area contributed by atoms with Gasteiger partial charge in [0, 0.05) is 21.1 Å². The maximum Gasteiger partial charge on any atom is 0.337 e. The normalized spacial score (nSPS) is 9.89. The van der Waals surface area contributed by atoms with Crippen molar-refractivity contribution >= 4 is 23.3 Å². The molecule has 1 aromatic carbocycles. The number of nitrogens with zero attached hydrogens (tertiary/aromatic N) is 2. The van der Waals surface area contributed by atoms with Crippen molar-refractivity contribution in [2.24, 2.45) is 0 Å². The summed E-state index contributed by atoms with van der Waals surface area (Å²) in [5.74, 6) is -0.487. The lowest BCUT2D eigenvalue weighted by Crippen LogP contribution is -2.34. The molecular weight excluding hydrogens is 246 g/mol. The molecule has 0 saturated carbocycles. The molecule has 0 fully saturated rings. The maximum absolute atomic E-state index is 11.7. The molecule has 0 unspecified atom stereocenters. The fraction of sp³-hybridized carbons (Fsp3) is 0.385. The Balaban J connectivity index is 2.98. The Morgan fingerprint density at radius 2 is 1.89 bits per heavy atom. The number of benzene rings is 1. The first-order chi connectivity index (χ1) is 8.86. The van der Waals surface area contributed by atoms with Crippen LogP contribution in [0.5, 0.6) is 0 Å². The fourth-order valence-corrected chi connectivity index (χ4v) is 1.55. The van der Waals surface area contributed by atoms with E-state index in [1.165, 1.54) is 12.0 Å². The lowest BCUT2D eigenvalue weighted by Gasteiger charge is -2.22. The highest BCUT2D eigenvalue weighted by molar-refractivity contribution is 5.92. The van der Waals surface area contributed by atoms with Gasteiger partial charge in [-0.15, -0.1) is 0 Å². The van der Waals surface area contributed by atoms with Gasteiger partial charge in [0.25, 0.3) is 0 Å². The highest BCUT2D eigenvalue weighted by Crippen LogP contribution is 2.24. The van der Waals surface area contributed by atoms with Crippen LogP contribution in [0.1, 0.15) is 10.4 Å². The second-order valence-electron chi connectivity index (χ2n) is 4.41. The minimum Gasteiger partial charge on any atom is -0.465 e. The van der Waals surface area contributed by atoms with E-state index in [4.69, 9.17) is 5.73 Å². The number of nitrogens with two attached hydrogens (primary N) is 1. The first-order valence-corrected chi connectivity index (χ1v) is 5.76. The van der Waals surface area contributed by atoms with Crippen LogP contribution in [0.3, 0.4) is 0 Å². The van der Waals surface area contributed by atoms with Crippen LogP contribution in [0.25, 0.3) is 0 Å². The van der Waals surface area contributed by atoms with E-state index in [1.807, 2.05) is 0 Å². The summed E-state index contributed by atoms with van der Waals surface area (Å²) in [6.45, 7) is 0.182. The van der Waals surface area contributed by atoms with Crippen molar-refractivity contribution in [2.45, 2.75) is 0 Å². The topological polar surface area (TPSA) is 75.9 Å². The highest BCUT2D eigenvalue weighted by Gasteiger charge is 2.14. The molecule has 6 nitrogen and oxygen atoms in total. The molecule has 0 spiro atoms. The zero-order valence-corrected chi connectivity index (χ0v) is 11.6. The summed E-state index contributed by atoms with van der Waals surface area (Å²) in [5, 5.41) is 0. The minimum atomic E-state index is -0.436. The van der Waals surface area contributed by atoms with Crippen molar-refractivity contribution in [3.05, 3.63) is 23.8 Å². The average molecular weight is 265 g/mol. The van der Waals surface area contributed by atoms with Crippen molar-refractivity contribution in [1.82, 2.24) is 4.90 Å². The second-order valence-corrected chi connectivity index (χ2v) is 4.41. The van der Waals surface area contributed by atoms with Crippen LogP contribution in [-0.4, -0.2) is 51.6 Å². The first kappa shape index (κ1) is 14.8. The van der Waals surface area contributed by atoms with E-state index < -0.39 is 5.97 Å². The number of methoxy groups -OCH3 is 1. The van der Waals surface area contributed by atoms with Crippen molar-refractivity contribution in [3.8, 4) is 0 Å².